The molecule has 0 bridgehead atoms. The predicted octanol–water partition coefficient (Wildman–Crippen LogP) is 3.44. The summed E-state index contributed by atoms with van der Waals surface area (Å²) in [5.74, 6) is -0.0371. The highest BCUT2D eigenvalue weighted by atomic mass is 16.2. The molecule has 3 rings (SSSR count). The van der Waals surface area contributed by atoms with Crippen molar-refractivity contribution in [2.45, 2.75) is 39.8 Å². The van der Waals surface area contributed by atoms with Crippen LogP contribution in [0.4, 0.5) is 22.0 Å². The van der Waals surface area contributed by atoms with Crippen molar-refractivity contribution in [3.63, 3.8) is 0 Å². The maximum Gasteiger partial charge on any atom is 0.322 e. The summed E-state index contributed by atoms with van der Waals surface area (Å²) in [5, 5.41) is 8.34. The van der Waals surface area contributed by atoms with Crippen LogP contribution in [0.25, 0.3) is 0 Å². The van der Waals surface area contributed by atoms with E-state index in [0.717, 1.165) is 17.7 Å². The van der Waals surface area contributed by atoms with Crippen LogP contribution in [0.5, 0.6) is 0 Å². The van der Waals surface area contributed by atoms with Crippen LogP contribution in [0, 0.1) is 5.92 Å². The second kappa shape index (κ2) is 8.72. The Morgan fingerprint density at radius 3 is 2.66 bits per heavy atom. The number of rotatable bonds is 4. The third-order valence-electron chi connectivity index (χ3n) is 4.98. The van der Waals surface area contributed by atoms with E-state index in [0.29, 0.717) is 18.1 Å². The fourth-order valence-electron chi connectivity index (χ4n) is 3.31. The molecule has 0 aliphatic carbocycles. The van der Waals surface area contributed by atoms with E-state index < -0.39 is 6.04 Å². The standard InChI is InChI=1S/C21H25N5O3/c1-4-13(2)19-20(28)25-17-8-6-5-7-15(17)12-26(19)21(29)24-16-9-10-18(22-11-16)23-14(3)27/h5-11,13,19H,4,12H2,1-3H3,(H,24,29)(H,25,28)(H,22,23,27)/t13-,19-/m0/s1. The summed E-state index contributed by atoms with van der Waals surface area (Å²) in [6.07, 6.45) is 2.22. The second-order valence-electron chi connectivity index (χ2n) is 7.15. The fraction of sp³-hybridized carbons (Fsp3) is 0.333. The Labute approximate surface area is 169 Å². The number of amides is 4. The zero-order chi connectivity index (χ0) is 21.0. The van der Waals surface area contributed by atoms with E-state index in [-0.39, 0.29) is 23.8 Å². The summed E-state index contributed by atoms with van der Waals surface area (Å²) in [4.78, 5) is 42.8. The van der Waals surface area contributed by atoms with Gasteiger partial charge in [-0.05, 0) is 29.7 Å². The van der Waals surface area contributed by atoms with E-state index in [9.17, 15) is 14.4 Å². The highest BCUT2D eigenvalue weighted by Crippen LogP contribution is 2.27. The molecule has 0 radical (unpaired) electrons. The third-order valence-corrected chi connectivity index (χ3v) is 4.98. The maximum absolute atomic E-state index is 13.1. The number of carbonyl (C=O) groups excluding carboxylic acids is 3. The van der Waals surface area contributed by atoms with Gasteiger partial charge in [0.1, 0.15) is 11.9 Å². The van der Waals surface area contributed by atoms with E-state index >= 15 is 0 Å². The molecule has 29 heavy (non-hydrogen) atoms. The van der Waals surface area contributed by atoms with Crippen molar-refractivity contribution in [2.75, 3.05) is 16.0 Å². The van der Waals surface area contributed by atoms with Crippen molar-refractivity contribution < 1.29 is 14.4 Å². The van der Waals surface area contributed by atoms with Crippen LogP contribution in [0.1, 0.15) is 32.8 Å². The molecule has 0 saturated heterocycles. The minimum atomic E-state index is -0.598. The Morgan fingerprint density at radius 1 is 1.24 bits per heavy atom. The number of fused-ring (bicyclic) bond motifs is 1. The third kappa shape index (κ3) is 4.71. The lowest BCUT2D eigenvalue weighted by molar-refractivity contribution is -0.121. The van der Waals surface area contributed by atoms with Crippen molar-refractivity contribution in [2.24, 2.45) is 5.92 Å². The molecule has 152 valence electrons. The number of hydrogen-bond donors (Lipinski definition) is 3. The normalized spacial score (nSPS) is 16.9. The molecule has 8 heteroatoms. The average molecular weight is 395 g/mol. The SMILES string of the molecule is CC[C@H](C)[C@H]1C(=O)Nc2ccccc2CN1C(=O)Nc1ccc(NC(C)=O)nc1. The highest BCUT2D eigenvalue weighted by molar-refractivity contribution is 6.01. The van der Waals surface area contributed by atoms with Gasteiger partial charge in [-0.3, -0.25) is 9.59 Å². The number of nitrogens with zero attached hydrogens (tertiary/aromatic N) is 2. The van der Waals surface area contributed by atoms with E-state index in [1.807, 2.05) is 38.1 Å². The topological polar surface area (TPSA) is 103 Å². The summed E-state index contributed by atoms with van der Waals surface area (Å²) in [6, 6.07) is 9.76. The molecule has 4 amide bonds. The largest absolute Gasteiger partial charge is 0.324 e. The molecule has 8 nitrogen and oxygen atoms in total. The van der Waals surface area contributed by atoms with Gasteiger partial charge in [0.05, 0.1) is 18.4 Å². The lowest BCUT2D eigenvalue weighted by atomic mass is 9.97. The lowest BCUT2D eigenvalue weighted by Gasteiger charge is -2.32. The van der Waals surface area contributed by atoms with Crippen LogP contribution in [-0.2, 0) is 16.1 Å². The molecule has 1 aliphatic heterocycles. The molecule has 1 aliphatic rings. The molecule has 1 aromatic heterocycles. The number of urea groups is 1. The number of nitrogens with one attached hydrogen (secondary N) is 3. The number of carbonyl (C=O) groups is 3. The van der Waals surface area contributed by atoms with Gasteiger partial charge in [0.2, 0.25) is 11.8 Å². The van der Waals surface area contributed by atoms with Crippen molar-refractivity contribution in [1.29, 1.82) is 0 Å². The van der Waals surface area contributed by atoms with Crippen molar-refractivity contribution in [3.05, 3.63) is 48.2 Å². The first-order chi connectivity index (χ1) is 13.9. The minimum Gasteiger partial charge on any atom is -0.324 e. The Balaban J connectivity index is 1.85. The Morgan fingerprint density at radius 2 is 2.00 bits per heavy atom. The number of benzene rings is 1. The molecular formula is C21H25N5O3. The van der Waals surface area contributed by atoms with Gasteiger partial charge in [0.25, 0.3) is 0 Å². The summed E-state index contributed by atoms with van der Waals surface area (Å²) in [7, 11) is 0. The molecule has 2 heterocycles. The summed E-state index contributed by atoms with van der Waals surface area (Å²) in [6.45, 7) is 5.67. The molecular weight excluding hydrogens is 370 g/mol. The molecule has 1 aromatic carbocycles. The zero-order valence-electron chi connectivity index (χ0n) is 16.7. The van der Waals surface area contributed by atoms with Gasteiger partial charge in [0.15, 0.2) is 0 Å². The summed E-state index contributed by atoms with van der Waals surface area (Å²) < 4.78 is 0. The minimum absolute atomic E-state index is 0.0182. The van der Waals surface area contributed by atoms with Crippen LogP contribution in [0.2, 0.25) is 0 Å². The van der Waals surface area contributed by atoms with E-state index in [2.05, 4.69) is 20.9 Å². The van der Waals surface area contributed by atoms with E-state index in [1.54, 1.807) is 17.0 Å². The predicted molar refractivity (Wildman–Crippen MR) is 111 cm³/mol. The van der Waals surface area contributed by atoms with Gasteiger partial charge >= 0.3 is 6.03 Å². The van der Waals surface area contributed by atoms with E-state index in [4.69, 9.17) is 0 Å². The molecule has 0 fully saturated rings. The van der Waals surface area contributed by atoms with Crippen LogP contribution in [-0.4, -0.2) is 33.8 Å². The van der Waals surface area contributed by atoms with Crippen LogP contribution in [0.3, 0.4) is 0 Å². The van der Waals surface area contributed by atoms with Crippen molar-refractivity contribution in [3.8, 4) is 0 Å². The lowest BCUT2D eigenvalue weighted by Crippen LogP contribution is -2.50. The summed E-state index contributed by atoms with van der Waals surface area (Å²) in [5.41, 5.74) is 2.08. The molecule has 0 unspecified atom stereocenters. The monoisotopic (exact) mass is 395 g/mol. The summed E-state index contributed by atoms with van der Waals surface area (Å²) >= 11 is 0. The molecule has 2 aromatic rings. The number of aromatic nitrogens is 1. The van der Waals surface area contributed by atoms with Gasteiger partial charge < -0.3 is 20.9 Å². The molecule has 3 N–H and O–H groups in total. The maximum atomic E-state index is 13.1. The molecule has 0 spiro atoms. The van der Waals surface area contributed by atoms with E-state index in [1.165, 1.54) is 13.1 Å². The average Bonchev–Trinajstić information content (AvgIpc) is 2.84. The first kappa shape index (κ1) is 20.3. The number of anilines is 3. The van der Waals surface area contributed by atoms with Gasteiger partial charge in [-0.15, -0.1) is 0 Å². The smallest absolute Gasteiger partial charge is 0.322 e. The van der Waals surface area contributed by atoms with Crippen molar-refractivity contribution in [1.82, 2.24) is 9.88 Å². The first-order valence-corrected chi connectivity index (χ1v) is 9.59. The van der Waals surface area contributed by atoms with Crippen LogP contribution in [0.15, 0.2) is 42.6 Å². The van der Waals surface area contributed by atoms with Gasteiger partial charge in [-0.2, -0.15) is 0 Å². The van der Waals surface area contributed by atoms with Gasteiger partial charge in [0, 0.05) is 12.6 Å². The zero-order valence-corrected chi connectivity index (χ0v) is 16.7. The van der Waals surface area contributed by atoms with Crippen LogP contribution >= 0.6 is 0 Å². The Hall–Kier alpha value is -3.42. The van der Waals surface area contributed by atoms with Crippen molar-refractivity contribution >= 4 is 35.0 Å². The molecule has 2 atom stereocenters. The fourth-order valence-corrected chi connectivity index (χ4v) is 3.31. The second-order valence-corrected chi connectivity index (χ2v) is 7.15. The van der Waals surface area contributed by atoms with Gasteiger partial charge in [-0.1, -0.05) is 38.5 Å². The number of para-hydroxylation sites is 1. The van der Waals surface area contributed by atoms with Crippen LogP contribution < -0.4 is 16.0 Å². The number of pyridine rings is 1. The first-order valence-electron chi connectivity index (χ1n) is 9.59. The Kier molecular flexibility index (Phi) is 6.11. The Bertz CT molecular complexity index is 913. The van der Waals surface area contributed by atoms with Gasteiger partial charge in [-0.25, -0.2) is 9.78 Å². The highest BCUT2D eigenvalue weighted by Gasteiger charge is 2.36. The number of hydrogen-bond acceptors (Lipinski definition) is 4. The molecule has 0 saturated carbocycles. The quantitative estimate of drug-likeness (QED) is 0.738.